The smallest absolute Gasteiger partial charge is 0.252 e. The number of amides is 1. The molecule has 110 valence electrons. The number of nitrogens with zero attached hydrogens (tertiary/aromatic N) is 2. The number of hydrogen-bond acceptors (Lipinski definition) is 5. The van der Waals surface area contributed by atoms with Gasteiger partial charge in [0.2, 0.25) is 0 Å². The zero-order valence-corrected chi connectivity index (χ0v) is 12.5. The molecule has 0 aliphatic carbocycles. The summed E-state index contributed by atoms with van der Waals surface area (Å²) in [5, 5.41) is 2.66. The van der Waals surface area contributed by atoms with Crippen LogP contribution in [0, 0.1) is 6.92 Å². The Bertz CT molecular complexity index is 773. The van der Waals surface area contributed by atoms with Gasteiger partial charge in [0.05, 0.1) is 22.7 Å². The van der Waals surface area contributed by atoms with Crippen LogP contribution in [0.1, 0.15) is 21.9 Å². The van der Waals surface area contributed by atoms with Gasteiger partial charge in [0, 0.05) is 12.5 Å². The fourth-order valence-corrected chi connectivity index (χ4v) is 2.73. The van der Waals surface area contributed by atoms with Gasteiger partial charge in [0.1, 0.15) is 5.82 Å². The molecule has 7 heteroatoms. The predicted octanol–water partition coefficient (Wildman–Crippen LogP) is 1.12. The molecule has 1 N–H and O–H groups in total. The molecule has 0 radical (unpaired) electrons. The molecule has 1 aromatic carbocycles. The van der Waals surface area contributed by atoms with Crippen LogP contribution in [0.2, 0.25) is 0 Å². The van der Waals surface area contributed by atoms with E-state index in [2.05, 4.69) is 15.3 Å². The Morgan fingerprint density at radius 2 is 1.95 bits per heavy atom. The number of aryl methyl sites for hydroxylation is 1. The average molecular weight is 305 g/mol. The van der Waals surface area contributed by atoms with E-state index in [0.717, 1.165) is 6.26 Å². The molecule has 1 heterocycles. The number of benzene rings is 1. The number of carbonyl (C=O) groups excluding carboxylic acids is 1. The van der Waals surface area contributed by atoms with Gasteiger partial charge in [-0.15, -0.1) is 0 Å². The fourth-order valence-electron chi connectivity index (χ4n) is 1.85. The van der Waals surface area contributed by atoms with E-state index >= 15 is 0 Å². The first-order chi connectivity index (χ1) is 9.88. The Balaban J connectivity index is 2.18. The number of rotatable bonds is 4. The van der Waals surface area contributed by atoms with Gasteiger partial charge in [-0.05, 0) is 25.1 Å². The third-order valence-corrected chi connectivity index (χ3v) is 3.95. The summed E-state index contributed by atoms with van der Waals surface area (Å²) in [6.45, 7) is 1.96. The largest absolute Gasteiger partial charge is 0.346 e. The van der Waals surface area contributed by atoms with Gasteiger partial charge in [-0.25, -0.2) is 18.4 Å². The van der Waals surface area contributed by atoms with Crippen molar-refractivity contribution in [1.82, 2.24) is 15.3 Å². The molecule has 0 saturated carbocycles. The molecule has 6 nitrogen and oxygen atoms in total. The lowest BCUT2D eigenvalue weighted by atomic mass is 10.2. The van der Waals surface area contributed by atoms with Crippen molar-refractivity contribution in [2.45, 2.75) is 18.4 Å². The van der Waals surface area contributed by atoms with E-state index in [1.54, 1.807) is 31.3 Å². The summed E-state index contributed by atoms with van der Waals surface area (Å²) in [6.07, 6.45) is 2.68. The molecular weight excluding hydrogens is 290 g/mol. The molecule has 1 amide bonds. The summed E-state index contributed by atoms with van der Waals surface area (Å²) in [5.41, 5.74) is 0.790. The van der Waals surface area contributed by atoms with Crippen molar-refractivity contribution in [1.29, 1.82) is 0 Å². The highest BCUT2D eigenvalue weighted by Gasteiger charge is 2.17. The van der Waals surface area contributed by atoms with E-state index < -0.39 is 15.7 Å². The topological polar surface area (TPSA) is 89.0 Å². The quantitative estimate of drug-likeness (QED) is 0.914. The van der Waals surface area contributed by atoms with Crippen LogP contribution < -0.4 is 5.32 Å². The van der Waals surface area contributed by atoms with Gasteiger partial charge in [-0.3, -0.25) is 4.79 Å². The standard InChI is InChI=1S/C14H15N3O3S/c1-10-15-8-7-11(17-10)9-16-14(18)12-5-3-4-6-13(12)21(2,19)20/h3-8H,9H2,1-2H3,(H,16,18). The summed E-state index contributed by atoms with van der Waals surface area (Å²) >= 11 is 0. The summed E-state index contributed by atoms with van der Waals surface area (Å²) in [7, 11) is -3.45. The fraction of sp³-hybridized carbons (Fsp3) is 0.214. The lowest BCUT2D eigenvalue weighted by Gasteiger charge is -2.08. The van der Waals surface area contributed by atoms with E-state index in [0.29, 0.717) is 11.5 Å². The van der Waals surface area contributed by atoms with Gasteiger partial charge in [0.15, 0.2) is 9.84 Å². The van der Waals surface area contributed by atoms with Crippen LogP contribution in [-0.2, 0) is 16.4 Å². The molecule has 1 aromatic heterocycles. The Hall–Kier alpha value is -2.28. The highest BCUT2D eigenvalue weighted by atomic mass is 32.2. The zero-order valence-electron chi connectivity index (χ0n) is 11.7. The second-order valence-electron chi connectivity index (χ2n) is 4.55. The van der Waals surface area contributed by atoms with Crippen molar-refractivity contribution >= 4 is 15.7 Å². The summed E-state index contributed by atoms with van der Waals surface area (Å²) in [5.74, 6) is 0.158. The van der Waals surface area contributed by atoms with Crippen LogP contribution in [0.25, 0.3) is 0 Å². The Morgan fingerprint density at radius 3 is 2.62 bits per heavy atom. The van der Waals surface area contributed by atoms with Gasteiger partial charge in [0.25, 0.3) is 5.91 Å². The molecule has 0 aliphatic heterocycles. The molecule has 0 spiro atoms. The van der Waals surface area contributed by atoms with Crippen LogP contribution in [0.4, 0.5) is 0 Å². The van der Waals surface area contributed by atoms with E-state index in [-0.39, 0.29) is 17.0 Å². The van der Waals surface area contributed by atoms with E-state index in [4.69, 9.17) is 0 Å². The first-order valence-electron chi connectivity index (χ1n) is 6.24. The summed E-state index contributed by atoms with van der Waals surface area (Å²) in [4.78, 5) is 20.3. The molecule has 0 fully saturated rings. The first kappa shape index (κ1) is 15.1. The second kappa shape index (κ2) is 6.01. The number of aromatic nitrogens is 2. The lowest BCUT2D eigenvalue weighted by Crippen LogP contribution is -2.25. The van der Waals surface area contributed by atoms with Crippen LogP contribution in [-0.4, -0.2) is 30.5 Å². The van der Waals surface area contributed by atoms with Crippen LogP contribution in [0.5, 0.6) is 0 Å². The van der Waals surface area contributed by atoms with Crippen LogP contribution in [0.15, 0.2) is 41.4 Å². The minimum atomic E-state index is -3.45. The van der Waals surface area contributed by atoms with Crippen molar-refractivity contribution in [3.05, 3.63) is 53.6 Å². The third kappa shape index (κ3) is 3.85. The molecular formula is C14H15N3O3S. The highest BCUT2D eigenvalue weighted by Crippen LogP contribution is 2.15. The number of nitrogens with one attached hydrogen (secondary N) is 1. The molecule has 0 saturated heterocycles. The molecule has 0 atom stereocenters. The van der Waals surface area contributed by atoms with Crippen molar-refractivity contribution < 1.29 is 13.2 Å². The van der Waals surface area contributed by atoms with Crippen molar-refractivity contribution in [3.8, 4) is 0 Å². The van der Waals surface area contributed by atoms with Crippen molar-refractivity contribution in [3.63, 3.8) is 0 Å². The molecule has 2 rings (SSSR count). The maximum absolute atomic E-state index is 12.2. The van der Waals surface area contributed by atoms with Gasteiger partial charge in [-0.1, -0.05) is 12.1 Å². The van der Waals surface area contributed by atoms with E-state index in [1.807, 2.05) is 0 Å². The predicted molar refractivity (Wildman–Crippen MR) is 77.5 cm³/mol. The SMILES string of the molecule is Cc1nccc(CNC(=O)c2ccccc2S(C)(=O)=O)n1. The Labute approximate surface area is 123 Å². The highest BCUT2D eigenvalue weighted by molar-refractivity contribution is 7.90. The van der Waals surface area contributed by atoms with Crippen molar-refractivity contribution in [2.75, 3.05) is 6.26 Å². The molecule has 2 aromatic rings. The van der Waals surface area contributed by atoms with E-state index in [1.165, 1.54) is 12.1 Å². The maximum Gasteiger partial charge on any atom is 0.252 e. The third-order valence-electron chi connectivity index (χ3n) is 2.79. The Kier molecular flexibility index (Phi) is 4.32. The maximum atomic E-state index is 12.2. The number of hydrogen-bond donors (Lipinski definition) is 1. The lowest BCUT2D eigenvalue weighted by molar-refractivity contribution is 0.0947. The molecule has 0 bridgehead atoms. The van der Waals surface area contributed by atoms with Crippen LogP contribution >= 0.6 is 0 Å². The minimum absolute atomic E-state index is 0.0152. The first-order valence-corrected chi connectivity index (χ1v) is 8.13. The second-order valence-corrected chi connectivity index (χ2v) is 6.53. The van der Waals surface area contributed by atoms with E-state index in [9.17, 15) is 13.2 Å². The molecule has 0 unspecified atom stereocenters. The van der Waals surface area contributed by atoms with Gasteiger partial charge < -0.3 is 5.32 Å². The monoisotopic (exact) mass is 305 g/mol. The number of sulfone groups is 1. The summed E-state index contributed by atoms with van der Waals surface area (Å²) < 4.78 is 23.4. The average Bonchev–Trinajstić information content (AvgIpc) is 2.44. The normalized spacial score (nSPS) is 11.1. The van der Waals surface area contributed by atoms with Crippen molar-refractivity contribution in [2.24, 2.45) is 0 Å². The molecule has 21 heavy (non-hydrogen) atoms. The van der Waals surface area contributed by atoms with Crippen LogP contribution in [0.3, 0.4) is 0 Å². The van der Waals surface area contributed by atoms with Gasteiger partial charge in [-0.2, -0.15) is 0 Å². The minimum Gasteiger partial charge on any atom is -0.346 e. The molecule has 0 aliphatic rings. The zero-order chi connectivity index (χ0) is 15.5. The summed E-state index contributed by atoms with van der Waals surface area (Å²) in [6, 6.07) is 7.80. The van der Waals surface area contributed by atoms with Gasteiger partial charge >= 0.3 is 0 Å². The Morgan fingerprint density at radius 1 is 1.24 bits per heavy atom. The number of carbonyl (C=O) groups is 1.